The lowest BCUT2D eigenvalue weighted by Crippen LogP contribution is -2.52. The van der Waals surface area contributed by atoms with E-state index < -0.39 is 42.4 Å². The summed E-state index contributed by atoms with van der Waals surface area (Å²) in [6.07, 6.45) is 5.00. The molecule has 1 amide bonds. The Kier molecular flexibility index (Phi) is 12.3. The number of hydrogen-bond acceptors (Lipinski definition) is 9. The zero-order chi connectivity index (χ0) is 39.3. The lowest BCUT2D eigenvalue weighted by molar-refractivity contribution is -0.161. The Morgan fingerprint density at radius 3 is 2.29 bits per heavy atom. The van der Waals surface area contributed by atoms with E-state index in [4.69, 9.17) is 42.1 Å². The predicted molar refractivity (Wildman–Crippen MR) is 200 cm³/mol. The van der Waals surface area contributed by atoms with Crippen molar-refractivity contribution in [3.63, 3.8) is 0 Å². The van der Waals surface area contributed by atoms with Gasteiger partial charge in [-0.3, -0.25) is 14.7 Å². The second kappa shape index (κ2) is 17.5. The fourth-order valence-corrected chi connectivity index (χ4v) is 7.51. The molecule has 56 heavy (non-hydrogen) atoms. The summed E-state index contributed by atoms with van der Waals surface area (Å²) < 4.78 is 63.4. The first-order valence-corrected chi connectivity index (χ1v) is 19.1. The van der Waals surface area contributed by atoms with E-state index in [-0.39, 0.29) is 56.7 Å². The van der Waals surface area contributed by atoms with E-state index in [1.165, 1.54) is 73.1 Å². The number of hydrogen-bond donors (Lipinski definition) is 1. The van der Waals surface area contributed by atoms with Gasteiger partial charge in [0.15, 0.2) is 17.5 Å². The van der Waals surface area contributed by atoms with Gasteiger partial charge in [-0.05, 0) is 110 Å². The van der Waals surface area contributed by atoms with Crippen LogP contribution in [0.3, 0.4) is 0 Å². The SMILES string of the molecule is O=C(NC(C(=O)OC1CN2CCC1CC2)c1cccc(F)c1)c1cccc(C(=O)O[C@@H](Cc2c(Cl)cncc2Cl)c2ccc(OC(F)F)c(OCC3CC3)c2)c1. The second-order valence-electron chi connectivity index (χ2n) is 14.2. The predicted octanol–water partition coefficient (Wildman–Crippen LogP) is 8.17. The number of nitrogens with zero attached hydrogens (tertiary/aromatic N) is 2. The molecule has 0 spiro atoms. The lowest BCUT2D eigenvalue weighted by Gasteiger charge is -2.44. The Bertz CT molecular complexity index is 2060. The quantitative estimate of drug-likeness (QED) is 0.119. The van der Waals surface area contributed by atoms with Gasteiger partial charge >= 0.3 is 18.6 Å². The number of rotatable bonds is 15. The van der Waals surface area contributed by atoms with E-state index in [0.29, 0.717) is 30.2 Å². The number of piperidine rings is 3. The van der Waals surface area contributed by atoms with Crippen LogP contribution in [-0.4, -0.2) is 66.7 Å². The number of fused-ring (bicyclic) bond motifs is 3. The van der Waals surface area contributed by atoms with Gasteiger partial charge in [0.1, 0.15) is 18.0 Å². The Hall–Kier alpha value is -4.85. The van der Waals surface area contributed by atoms with Crippen LogP contribution < -0.4 is 14.8 Å². The standard InChI is InChI=1S/C41H38Cl2F3N3O7/c42-31-19-47-20-32(43)30(31)18-34(25-9-10-33(56-41(45)46)35(17-25)53-22-23-7-8-23)54-39(51)28-5-1-4-27(15-28)38(50)48-37(26-3-2-6-29(44)16-26)40(52)55-36-21-49-13-11-24(36)12-14-49/h1-6,9-10,15-17,19-20,23-24,34,36-37,41H,7-8,11-14,18,21-22H2,(H,48,50)/t34-,36?,37?/m0/s1. The largest absolute Gasteiger partial charge is 0.489 e. The van der Waals surface area contributed by atoms with Gasteiger partial charge < -0.3 is 24.3 Å². The van der Waals surface area contributed by atoms with Crippen molar-refractivity contribution in [2.24, 2.45) is 11.8 Å². The minimum Gasteiger partial charge on any atom is -0.489 e. The Morgan fingerprint density at radius 2 is 1.61 bits per heavy atom. The molecular formula is C41H38Cl2F3N3O7. The number of ether oxygens (including phenoxy) is 4. The van der Waals surface area contributed by atoms with Crippen molar-refractivity contribution in [2.45, 2.75) is 57.0 Å². The van der Waals surface area contributed by atoms with Crippen molar-refractivity contribution >= 4 is 41.0 Å². The number of aromatic nitrogens is 1. The van der Waals surface area contributed by atoms with Crippen LogP contribution in [-0.2, 0) is 20.7 Å². The molecule has 1 saturated carbocycles. The molecule has 15 heteroatoms. The molecule has 294 valence electrons. The van der Waals surface area contributed by atoms with E-state index in [0.717, 1.165) is 44.8 Å². The van der Waals surface area contributed by atoms with Crippen LogP contribution in [0.4, 0.5) is 13.2 Å². The summed E-state index contributed by atoms with van der Waals surface area (Å²) in [4.78, 5) is 47.4. The fraction of sp³-hybridized carbons (Fsp3) is 0.366. The average molecular weight is 813 g/mol. The molecule has 8 rings (SSSR count). The fourth-order valence-electron chi connectivity index (χ4n) is 6.99. The van der Waals surface area contributed by atoms with Crippen molar-refractivity contribution in [1.29, 1.82) is 0 Å². The molecular weight excluding hydrogens is 774 g/mol. The van der Waals surface area contributed by atoms with Gasteiger partial charge in [0, 0.05) is 30.9 Å². The summed E-state index contributed by atoms with van der Waals surface area (Å²) in [5.74, 6) is -2.52. The third kappa shape index (κ3) is 9.74. The Morgan fingerprint density at radius 1 is 0.875 bits per heavy atom. The van der Waals surface area contributed by atoms with E-state index in [1.54, 1.807) is 0 Å². The molecule has 4 heterocycles. The summed E-state index contributed by atoms with van der Waals surface area (Å²) in [6.45, 7) is -0.343. The van der Waals surface area contributed by atoms with Crippen LogP contribution >= 0.6 is 23.2 Å². The molecule has 3 aromatic carbocycles. The smallest absolute Gasteiger partial charge is 0.387 e. The summed E-state index contributed by atoms with van der Waals surface area (Å²) in [5, 5.41) is 3.09. The van der Waals surface area contributed by atoms with Gasteiger partial charge in [-0.1, -0.05) is 47.5 Å². The van der Waals surface area contributed by atoms with E-state index in [2.05, 4.69) is 15.2 Å². The number of nitrogens with one attached hydrogen (secondary N) is 1. The van der Waals surface area contributed by atoms with E-state index in [1.807, 2.05) is 0 Å². The molecule has 0 radical (unpaired) electrons. The molecule has 3 aliphatic heterocycles. The number of amides is 1. The van der Waals surface area contributed by atoms with Crippen molar-refractivity contribution in [1.82, 2.24) is 15.2 Å². The first-order chi connectivity index (χ1) is 27.0. The molecule has 1 aliphatic carbocycles. The third-order valence-electron chi connectivity index (χ3n) is 10.2. The number of pyridine rings is 1. The Labute approximate surface area is 331 Å². The number of carbonyl (C=O) groups excluding carboxylic acids is 3. The highest BCUT2D eigenvalue weighted by molar-refractivity contribution is 6.35. The number of carbonyl (C=O) groups is 3. The van der Waals surface area contributed by atoms with Gasteiger partial charge in [0.2, 0.25) is 0 Å². The van der Waals surface area contributed by atoms with Crippen LogP contribution in [0, 0.1) is 17.7 Å². The lowest BCUT2D eigenvalue weighted by atomic mass is 9.86. The number of halogens is 5. The van der Waals surface area contributed by atoms with E-state index in [9.17, 15) is 27.6 Å². The van der Waals surface area contributed by atoms with Gasteiger partial charge in [0.25, 0.3) is 5.91 Å². The normalized spacial score (nSPS) is 19.9. The molecule has 3 atom stereocenters. The van der Waals surface area contributed by atoms with Crippen LogP contribution in [0.5, 0.6) is 11.5 Å². The van der Waals surface area contributed by atoms with Gasteiger partial charge in [-0.2, -0.15) is 8.78 Å². The zero-order valence-electron chi connectivity index (χ0n) is 30.0. The molecule has 3 saturated heterocycles. The van der Waals surface area contributed by atoms with Gasteiger partial charge in [-0.15, -0.1) is 0 Å². The van der Waals surface area contributed by atoms with E-state index >= 15 is 0 Å². The van der Waals surface area contributed by atoms with Crippen molar-refractivity contribution < 1.29 is 46.5 Å². The summed E-state index contributed by atoms with van der Waals surface area (Å²) in [6, 6.07) is 13.9. The summed E-state index contributed by atoms with van der Waals surface area (Å²) in [7, 11) is 0. The number of benzene rings is 3. The first-order valence-electron chi connectivity index (χ1n) is 18.3. The zero-order valence-corrected chi connectivity index (χ0v) is 31.5. The maximum atomic E-state index is 14.4. The van der Waals surface area contributed by atoms with Crippen LogP contribution in [0.15, 0.2) is 79.1 Å². The van der Waals surface area contributed by atoms with Crippen molar-refractivity contribution in [2.75, 3.05) is 26.2 Å². The van der Waals surface area contributed by atoms with Gasteiger partial charge in [-0.25, -0.2) is 14.0 Å². The monoisotopic (exact) mass is 811 g/mol. The molecule has 4 aliphatic rings. The molecule has 2 unspecified atom stereocenters. The van der Waals surface area contributed by atoms with Crippen LogP contribution in [0.1, 0.15) is 75.2 Å². The van der Waals surface area contributed by atoms with Crippen LogP contribution in [0.2, 0.25) is 10.0 Å². The average Bonchev–Trinajstić information content (AvgIpc) is 4.02. The topological polar surface area (TPSA) is 116 Å². The number of alkyl halides is 2. The summed E-state index contributed by atoms with van der Waals surface area (Å²) >= 11 is 12.9. The molecule has 1 aromatic heterocycles. The molecule has 4 aromatic rings. The minimum absolute atomic E-state index is 0.0116. The second-order valence-corrected chi connectivity index (χ2v) is 15.0. The molecule has 4 fully saturated rings. The highest BCUT2D eigenvalue weighted by Gasteiger charge is 2.38. The molecule has 1 N–H and O–H groups in total. The summed E-state index contributed by atoms with van der Waals surface area (Å²) in [5.41, 5.74) is 0.966. The number of esters is 2. The van der Waals surface area contributed by atoms with Gasteiger partial charge in [0.05, 0.1) is 22.2 Å². The maximum absolute atomic E-state index is 14.4. The Balaban J connectivity index is 1.13. The minimum atomic E-state index is -3.10. The first kappa shape index (κ1) is 39.4. The van der Waals surface area contributed by atoms with Crippen LogP contribution in [0.25, 0.3) is 0 Å². The molecule has 10 nitrogen and oxygen atoms in total. The van der Waals surface area contributed by atoms with Crippen molar-refractivity contribution in [3.05, 3.63) is 123 Å². The highest BCUT2D eigenvalue weighted by Crippen LogP contribution is 2.38. The third-order valence-corrected chi connectivity index (χ3v) is 10.9. The maximum Gasteiger partial charge on any atom is 0.387 e. The van der Waals surface area contributed by atoms with Crippen molar-refractivity contribution in [3.8, 4) is 11.5 Å². The highest BCUT2D eigenvalue weighted by atomic mass is 35.5. The molecule has 2 bridgehead atoms.